The quantitative estimate of drug-likeness (QED) is 0.576. The molecule has 0 aliphatic carbocycles. The molecule has 0 saturated carbocycles. The van der Waals surface area contributed by atoms with Gasteiger partial charge >= 0.3 is 0 Å². The lowest BCUT2D eigenvalue weighted by molar-refractivity contribution is -0.139. The lowest BCUT2D eigenvalue weighted by Gasteiger charge is -2.30. The molecule has 1 unspecified atom stereocenters. The second kappa shape index (κ2) is 9.74. The number of benzene rings is 2. The van der Waals surface area contributed by atoms with Crippen LogP contribution in [0.1, 0.15) is 39.2 Å². The highest BCUT2D eigenvalue weighted by atomic mass is 35.5. The van der Waals surface area contributed by atoms with E-state index >= 15 is 0 Å². The fourth-order valence-electron chi connectivity index (χ4n) is 3.81. The Balaban J connectivity index is 1.84. The number of rotatable bonds is 7. The van der Waals surface area contributed by atoms with Gasteiger partial charge in [0.25, 0.3) is 5.91 Å². The van der Waals surface area contributed by atoms with E-state index in [4.69, 9.17) is 16.3 Å². The van der Waals surface area contributed by atoms with Crippen molar-refractivity contribution in [2.24, 2.45) is 5.41 Å². The van der Waals surface area contributed by atoms with Gasteiger partial charge in [0.05, 0.1) is 19.2 Å². The molecule has 1 saturated heterocycles. The van der Waals surface area contributed by atoms with Gasteiger partial charge in [-0.1, -0.05) is 44.5 Å². The molecule has 1 aliphatic rings. The zero-order valence-corrected chi connectivity index (χ0v) is 19.7. The van der Waals surface area contributed by atoms with E-state index in [0.29, 0.717) is 29.4 Å². The summed E-state index contributed by atoms with van der Waals surface area (Å²) < 4.78 is 5.15. The molecule has 2 aromatic carbocycles. The van der Waals surface area contributed by atoms with E-state index in [2.05, 4.69) is 0 Å². The number of imide groups is 1. The van der Waals surface area contributed by atoms with Crippen LogP contribution in [0, 0.1) is 5.41 Å². The van der Waals surface area contributed by atoms with Crippen LogP contribution in [0.5, 0.6) is 5.75 Å². The maximum absolute atomic E-state index is 13.3. The number of carbonyl (C=O) groups is 3. The lowest BCUT2D eigenvalue weighted by atomic mass is 9.91. The Labute approximate surface area is 194 Å². The lowest BCUT2D eigenvalue weighted by Crippen LogP contribution is -2.47. The topological polar surface area (TPSA) is 66.9 Å². The summed E-state index contributed by atoms with van der Waals surface area (Å²) in [5.74, 6) is -0.204. The van der Waals surface area contributed by atoms with Crippen molar-refractivity contribution in [2.45, 2.75) is 46.1 Å². The van der Waals surface area contributed by atoms with Gasteiger partial charge in [-0.05, 0) is 53.8 Å². The first-order valence-corrected chi connectivity index (χ1v) is 11.0. The van der Waals surface area contributed by atoms with Crippen LogP contribution in [0.2, 0.25) is 5.02 Å². The number of anilines is 1. The maximum atomic E-state index is 13.3. The van der Waals surface area contributed by atoms with Crippen LogP contribution in [-0.2, 0) is 20.8 Å². The summed E-state index contributed by atoms with van der Waals surface area (Å²) in [4.78, 5) is 42.1. The van der Waals surface area contributed by atoms with Gasteiger partial charge in [-0.15, -0.1) is 0 Å². The summed E-state index contributed by atoms with van der Waals surface area (Å²) in [5, 5.41) is 0.618. The van der Waals surface area contributed by atoms with E-state index in [1.165, 1.54) is 4.90 Å². The number of hydrogen-bond donors (Lipinski definition) is 0. The maximum Gasteiger partial charge on any atom is 0.257 e. The predicted octanol–water partition coefficient (Wildman–Crippen LogP) is 4.49. The summed E-state index contributed by atoms with van der Waals surface area (Å²) in [6.45, 7) is 6.26. The van der Waals surface area contributed by atoms with Crippen molar-refractivity contribution in [2.75, 3.05) is 18.6 Å². The number of nitrogens with zero attached hydrogens (tertiary/aromatic N) is 2. The molecule has 0 radical (unpaired) electrons. The third-order valence-electron chi connectivity index (χ3n) is 5.36. The Morgan fingerprint density at radius 3 is 2.44 bits per heavy atom. The summed E-state index contributed by atoms with van der Waals surface area (Å²) in [6.07, 6.45) is 0.788. The highest BCUT2D eigenvalue weighted by Crippen LogP contribution is 2.29. The summed E-state index contributed by atoms with van der Waals surface area (Å²) >= 11 is 6.09. The molecular weight excluding hydrogens is 428 g/mol. The average molecular weight is 457 g/mol. The van der Waals surface area contributed by atoms with Crippen molar-refractivity contribution in [3.05, 3.63) is 59.1 Å². The average Bonchev–Trinajstić information content (AvgIpc) is 3.01. The van der Waals surface area contributed by atoms with Gasteiger partial charge in [0.15, 0.2) is 0 Å². The van der Waals surface area contributed by atoms with E-state index in [1.54, 1.807) is 42.3 Å². The Morgan fingerprint density at radius 2 is 1.84 bits per heavy atom. The molecule has 3 amide bonds. The molecule has 0 spiro atoms. The van der Waals surface area contributed by atoms with E-state index in [0.717, 1.165) is 5.56 Å². The van der Waals surface area contributed by atoms with Crippen LogP contribution in [-0.4, -0.2) is 42.3 Å². The van der Waals surface area contributed by atoms with Crippen molar-refractivity contribution in [1.82, 2.24) is 4.90 Å². The first-order valence-electron chi connectivity index (χ1n) is 10.6. The molecule has 0 N–H and O–H groups in total. The molecule has 1 heterocycles. The van der Waals surface area contributed by atoms with Gasteiger partial charge in [-0.25, -0.2) is 4.90 Å². The summed E-state index contributed by atoms with van der Waals surface area (Å²) in [5.41, 5.74) is 1.20. The number of halogens is 1. The van der Waals surface area contributed by atoms with Gasteiger partial charge < -0.3 is 9.64 Å². The molecule has 0 bridgehead atoms. The zero-order chi connectivity index (χ0) is 23.5. The normalized spacial score (nSPS) is 16.4. The van der Waals surface area contributed by atoms with Crippen molar-refractivity contribution >= 4 is 35.0 Å². The van der Waals surface area contributed by atoms with Gasteiger partial charge in [0, 0.05) is 18.0 Å². The first-order chi connectivity index (χ1) is 15.1. The fourth-order valence-corrected chi connectivity index (χ4v) is 4.03. The Hall–Kier alpha value is -2.86. The van der Waals surface area contributed by atoms with Crippen molar-refractivity contribution < 1.29 is 19.1 Å². The van der Waals surface area contributed by atoms with Gasteiger partial charge in [0.2, 0.25) is 11.8 Å². The number of ether oxygens (including phenoxy) is 1. The fraction of sp³-hybridized carbons (Fsp3) is 0.400. The van der Waals surface area contributed by atoms with Gasteiger partial charge in [-0.3, -0.25) is 14.4 Å². The highest BCUT2D eigenvalue weighted by Gasteiger charge is 2.44. The van der Waals surface area contributed by atoms with Crippen molar-refractivity contribution in [3.63, 3.8) is 0 Å². The van der Waals surface area contributed by atoms with Gasteiger partial charge in [0.1, 0.15) is 11.8 Å². The Bertz CT molecular complexity index is 998. The van der Waals surface area contributed by atoms with Crippen LogP contribution in [0.15, 0.2) is 48.5 Å². The van der Waals surface area contributed by atoms with E-state index in [1.807, 2.05) is 39.0 Å². The van der Waals surface area contributed by atoms with Crippen LogP contribution >= 0.6 is 11.6 Å². The largest absolute Gasteiger partial charge is 0.497 e. The van der Waals surface area contributed by atoms with Crippen LogP contribution in [0.25, 0.3) is 0 Å². The first kappa shape index (κ1) is 23.8. The molecule has 6 nitrogen and oxygen atoms in total. The minimum Gasteiger partial charge on any atom is -0.497 e. The number of methoxy groups -OCH3 is 1. The number of carbonyl (C=O) groups excluding carboxylic acids is 3. The standard InChI is InChI=1S/C25H29ClN2O4/c1-25(2,3)16-23(30)27(13-12-17-6-5-7-18(26)14-17)21-15-22(29)28(24(21)31)19-8-10-20(32-4)11-9-19/h5-11,14,21H,12-13,15-16H2,1-4H3. The van der Waals surface area contributed by atoms with E-state index in [-0.39, 0.29) is 36.0 Å². The molecule has 2 aromatic rings. The number of amides is 3. The molecule has 1 aliphatic heterocycles. The van der Waals surface area contributed by atoms with Crippen LogP contribution < -0.4 is 9.64 Å². The van der Waals surface area contributed by atoms with Crippen molar-refractivity contribution in [3.8, 4) is 5.75 Å². The Kier molecular flexibility index (Phi) is 7.24. The molecule has 170 valence electrons. The third kappa shape index (κ3) is 5.68. The highest BCUT2D eigenvalue weighted by molar-refractivity contribution is 6.30. The molecular formula is C25H29ClN2O4. The monoisotopic (exact) mass is 456 g/mol. The second-order valence-electron chi connectivity index (χ2n) is 9.19. The molecule has 1 fully saturated rings. The molecule has 0 aromatic heterocycles. The minimum absolute atomic E-state index is 0.0315. The Morgan fingerprint density at radius 1 is 1.16 bits per heavy atom. The third-order valence-corrected chi connectivity index (χ3v) is 5.60. The molecule has 32 heavy (non-hydrogen) atoms. The zero-order valence-electron chi connectivity index (χ0n) is 18.9. The smallest absolute Gasteiger partial charge is 0.257 e. The van der Waals surface area contributed by atoms with Crippen molar-refractivity contribution in [1.29, 1.82) is 0 Å². The summed E-state index contributed by atoms with van der Waals surface area (Å²) in [7, 11) is 1.55. The SMILES string of the molecule is COc1ccc(N2C(=O)CC(N(CCc3cccc(Cl)c3)C(=O)CC(C)(C)C)C2=O)cc1. The predicted molar refractivity (Wildman–Crippen MR) is 125 cm³/mol. The minimum atomic E-state index is -0.821. The van der Waals surface area contributed by atoms with Gasteiger partial charge in [-0.2, -0.15) is 0 Å². The van der Waals surface area contributed by atoms with E-state index in [9.17, 15) is 14.4 Å². The summed E-state index contributed by atoms with van der Waals surface area (Å²) in [6, 6.07) is 13.3. The second-order valence-corrected chi connectivity index (χ2v) is 9.63. The van der Waals surface area contributed by atoms with E-state index < -0.39 is 6.04 Å². The molecule has 1 atom stereocenters. The van der Waals surface area contributed by atoms with Crippen LogP contribution in [0.4, 0.5) is 5.69 Å². The number of hydrogen-bond acceptors (Lipinski definition) is 4. The molecule has 7 heteroatoms. The molecule has 3 rings (SSSR count). The van der Waals surface area contributed by atoms with Crippen LogP contribution in [0.3, 0.4) is 0 Å².